The highest BCUT2D eigenvalue weighted by Crippen LogP contribution is 2.20. The first-order chi connectivity index (χ1) is 11.4. The van der Waals surface area contributed by atoms with Gasteiger partial charge in [-0.1, -0.05) is 15.9 Å². The van der Waals surface area contributed by atoms with E-state index in [1.54, 1.807) is 30.3 Å². The van der Waals surface area contributed by atoms with Crippen LogP contribution in [0, 0.1) is 28.8 Å². The number of hydrogen-bond acceptors (Lipinski definition) is 3. The van der Waals surface area contributed by atoms with Crippen LogP contribution >= 0.6 is 15.9 Å². The predicted molar refractivity (Wildman–Crippen MR) is 86.4 cm³/mol. The molecule has 0 atom stereocenters. The number of hydrogen-bond donors (Lipinski definition) is 2. The molecule has 2 aromatic carbocycles. The summed E-state index contributed by atoms with van der Waals surface area (Å²) < 4.78 is 40.3. The Morgan fingerprint density at radius 2 is 1.75 bits per heavy atom. The highest BCUT2D eigenvalue weighted by molar-refractivity contribution is 9.10. The number of carbonyl (C=O) groups excluding carboxylic acids is 1. The molecule has 0 unspecified atom stereocenters. The summed E-state index contributed by atoms with van der Waals surface area (Å²) in [5.74, 6) is -5.17. The van der Waals surface area contributed by atoms with Crippen molar-refractivity contribution in [2.24, 2.45) is 0 Å². The van der Waals surface area contributed by atoms with Crippen LogP contribution in [0.15, 0.2) is 52.6 Å². The topological polar surface area (TPSA) is 64.9 Å². The molecule has 0 saturated carbocycles. The molecule has 0 fully saturated rings. The number of carbonyl (C=O) groups is 1. The molecule has 1 amide bonds. The van der Waals surface area contributed by atoms with Gasteiger partial charge in [0, 0.05) is 16.4 Å². The summed E-state index contributed by atoms with van der Waals surface area (Å²) in [5.41, 5.74) is -0.330. The maximum absolute atomic E-state index is 13.5. The van der Waals surface area contributed by atoms with Gasteiger partial charge in [0.15, 0.2) is 17.5 Å². The van der Waals surface area contributed by atoms with E-state index >= 15 is 0 Å². The lowest BCUT2D eigenvalue weighted by atomic mass is 10.2. The van der Waals surface area contributed by atoms with Crippen molar-refractivity contribution in [3.63, 3.8) is 0 Å². The molecule has 4 nitrogen and oxygen atoms in total. The van der Waals surface area contributed by atoms with Gasteiger partial charge in [-0.05, 0) is 36.4 Å². The van der Waals surface area contributed by atoms with Gasteiger partial charge in [0.1, 0.15) is 11.6 Å². The second-order valence-electron chi connectivity index (χ2n) is 4.50. The number of amides is 1. The van der Waals surface area contributed by atoms with Crippen LogP contribution in [0.2, 0.25) is 0 Å². The third kappa shape index (κ3) is 4.14. The van der Waals surface area contributed by atoms with E-state index in [0.29, 0.717) is 5.69 Å². The van der Waals surface area contributed by atoms with Crippen molar-refractivity contribution in [1.82, 2.24) is 0 Å². The molecule has 0 aliphatic carbocycles. The maximum atomic E-state index is 13.5. The zero-order chi connectivity index (χ0) is 17.7. The van der Waals surface area contributed by atoms with E-state index in [0.717, 1.165) is 22.8 Å². The van der Waals surface area contributed by atoms with Crippen molar-refractivity contribution in [2.45, 2.75) is 0 Å². The number of anilines is 2. The number of benzene rings is 2. The van der Waals surface area contributed by atoms with Crippen LogP contribution in [-0.2, 0) is 4.79 Å². The predicted octanol–water partition coefficient (Wildman–Crippen LogP) is 4.32. The smallest absolute Gasteiger partial charge is 0.267 e. The van der Waals surface area contributed by atoms with E-state index in [1.807, 2.05) is 0 Å². The third-order valence-electron chi connectivity index (χ3n) is 2.87. The summed E-state index contributed by atoms with van der Waals surface area (Å²) in [6, 6.07) is 9.92. The van der Waals surface area contributed by atoms with Gasteiger partial charge in [-0.25, -0.2) is 13.2 Å². The Morgan fingerprint density at radius 1 is 1.08 bits per heavy atom. The molecule has 2 rings (SSSR count). The fourth-order valence-electron chi connectivity index (χ4n) is 1.67. The molecule has 0 radical (unpaired) electrons. The Balaban J connectivity index is 2.14. The first-order valence-corrected chi connectivity index (χ1v) is 7.29. The van der Waals surface area contributed by atoms with Crippen LogP contribution in [0.5, 0.6) is 0 Å². The highest BCUT2D eigenvalue weighted by Gasteiger charge is 2.14. The lowest BCUT2D eigenvalue weighted by Crippen LogP contribution is -2.14. The Hall–Kier alpha value is -2.79. The summed E-state index contributed by atoms with van der Waals surface area (Å²) in [4.78, 5) is 12.0. The molecule has 0 aromatic heterocycles. The molecule has 0 aliphatic heterocycles. The second-order valence-corrected chi connectivity index (χ2v) is 5.41. The quantitative estimate of drug-likeness (QED) is 0.460. The number of nitriles is 1. The largest absolute Gasteiger partial charge is 0.358 e. The standard InChI is InChI=1S/C16H9BrF3N3O/c17-10-1-3-11(4-2-10)23-16(24)9(7-21)8-22-13-6-5-12(18)14(19)15(13)20/h1-6,8,22H,(H,23,24)/b9-8-. The third-order valence-corrected chi connectivity index (χ3v) is 3.40. The molecule has 0 heterocycles. The van der Waals surface area contributed by atoms with Gasteiger partial charge in [-0.3, -0.25) is 4.79 Å². The molecular formula is C16H9BrF3N3O. The van der Waals surface area contributed by atoms with Crippen molar-refractivity contribution >= 4 is 33.2 Å². The zero-order valence-electron chi connectivity index (χ0n) is 11.9. The van der Waals surface area contributed by atoms with Gasteiger partial charge < -0.3 is 10.6 Å². The van der Waals surface area contributed by atoms with E-state index in [-0.39, 0.29) is 5.57 Å². The molecule has 2 N–H and O–H groups in total. The SMILES string of the molecule is N#C/C(=C/Nc1ccc(F)c(F)c1F)C(=O)Nc1ccc(Br)cc1. The van der Waals surface area contributed by atoms with Gasteiger partial charge in [0.05, 0.1) is 5.69 Å². The average molecular weight is 396 g/mol. The van der Waals surface area contributed by atoms with Crippen molar-refractivity contribution < 1.29 is 18.0 Å². The minimum absolute atomic E-state index is 0.373. The molecule has 24 heavy (non-hydrogen) atoms. The number of nitrogens with zero attached hydrogens (tertiary/aromatic N) is 1. The van der Waals surface area contributed by atoms with E-state index in [1.165, 1.54) is 0 Å². The molecule has 2 aromatic rings. The molecule has 0 spiro atoms. The van der Waals surface area contributed by atoms with E-state index in [4.69, 9.17) is 5.26 Å². The van der Waals surface area contributed by atoms with E-state index in [2.05, 4.69) is 26.6 Å². The lowest BCUT2D eigenvalue weighted by molar-refractivity contribution is -0.112. The zero-order valence-corrected chi connectivity index (χ0v) is 13.5. The maximum Gasteiger partial charge on any atom is 0.267 e. The molecular weight excluding hydrogens is 387 g/mol. The van der Waals surface area contributed by atoms with Gasteiger partial charge in [0.2, 0.25) is 0 Å². The molecule has 0 bridgehead atoms. The molecule has 0 aliphatic rings. The van der Waals surface area contributed by atoms with Gasteiger partial charge in [0.25, 0.3) is 5.91 Å². The molecule has 0 saturated heterocycles. The second kappa shape index (κ2) is 7.66. The van der Waals surface area contributed by atoms with Crippen LogP contribution in [0.1, 0.15) is 0 Å². The lowest BCUT2D eigenvalue weighted by Gasteiger charge is -2.06. The first-order valence-electron chi connectivity index (χ1n) is 6.49. The Labute approximate surface area is 143 Å². The summed E-state index contributed by atoms with van der Waals surface area (Å²) in [5, 5.41) is 13.8. The number of nitrogens with one attached hydrogen (secondary N) is 2. The Morgan fingerprint density at radius 3 is 2.38 bits per heavy atom. The van der Waals surface area contributed by atoms with Crippen LogP contribution < -0.4 is 10.6 Å². The van der Waals surface area contributed by atoms with Gasteiger partial charge in [-0.15, -0.1) is 0 Å². The van der Waals surface area contributed by atoms with Crippen LogP contribution in [0.4, 0.5) is 24.5 Å². The van der Waals surface area contributed by atoms with Gasteiger partial charge in [-0.2, -0.15) is 5.26 Å². The normalized spacial score (nSPS) is 10.9. The number of rotatable bonds is 4. The number of halogens is 4. The van der Waals surface area contributed by atoms with Crippen molar-refractivity contribution in [3.8, 4) is 6.07 Å². The molecule has 8 heteroatoms. The molecule has 122 valence electrons. The highest BCUT2D eigenvalue weighted by atomic mass is 79.9. The monoisotopic (exact) mass is 395 g/mol. The van der Waals surface area contributed by atoms with Crippen LogP contribution in [0.25, 0.3) is 0 Å². The summed E-state index contributed by atoms with van der Waals surface area (Å²) >= 11 is 3.24. The minimum Gasteiger partial charge on any atom is -0.358 e. The van der Waals surface area contributed by atoms with Crippen molar-refractivity contribution in [3.05, 3.63) is 70.1 Å². The fourth-order valence-corrected chi connectivity index (χ4v) is 1.93. The van der Waals surface area contributed by atoms with Crippen LogP contribution in [-0.4, -0.2) is 5.91 Å². The summed E-state index contributed by atoms with van der Waals surface area (Å²) in [6.07, 6.45) is 0.907. The minimum atomic E-state index is -1.65. The van der Waals surface area contributed by atoms with Crippen LogP contribution in [0.3, 0.4) is 0 Å². The van der Waals surface area contributed by atoms with Crippen molar-refractivity contribution in [2.75, 3.05) is 10.6 Å². The van der Waals surface area contributed by atoms with E-state index < -0.39 is 29.0 Å². The Bertz CT molecular complexity index is 845. The average Bonchev–Trinajstić information content (AvgIpc) is 2.57. The Kier molecular flexibility index (Phi) is 5.60. The summed E-state index contributed by atoms with van der Waals surface area (Å²) in [6.45, 7) is 0. The van der Waals surface area contributed by atoms with Gasteiger partial charge >= 0.3 is 0 Å². The first kappa shape index (κ1) is 17.6. The van der Waals surface area contributed by atoms with E-state index in [9.17, 15) is 18.0 Å². The summed E-state index contributed by atoms with van der Waals surface area (Å²) in [7, 11) is 0. The fraction of sp³-hybridized carbons (Fsp3) is 0. The van der Waals surface area contributed by atoms with Crippen molar-refractivity contribution in [1.29, 1.82) is 5.26 Å².